The van der Waals surface area contributed by atoms with Gasteiger partial charge in [-0.25, -0.2) is 9.97 Å². The van der Waals surface area contributed by atoms with Crippen LogP contribution in [0.3, 0.4) is 0 Å². The van der Waals surface area contributed by atoms with Crippen LogP contribution in [-0.4, -0.2) is 92.8 Å². The largest absolute Gasteiger partial charge is 2.00 e. The van der Waals surface area contributed by atoms with Gasteiger partial charge < -0.3 is 76.3 Å². The normalized spacial score (nSPS) is 13.8. The molecule has 0 unspecified atom stereocenters. The van der Waals surface area contributed by atoms with E-state index in [1.165, 1.54) is 39.0 Å². The van der Waals surface area contributed by atoms with Crippen LogP contribution in [0.5, 0.6) is 0 Å². The van der Waals surface area contributed by atoms with Gasteiger partial charge in [-0.2, -0.15) is 9.79 Å². The number of aliphatic hydroxyl groups excluding tert-OH is 2. The van der Waals surface area contributed by atoms with E-state index in [-0.39, 0.29) is 111 Å². The van der Waals surface area contributed by atoms with Crippen LogP contribution in [-0.2, 0) is 168 Å². The zero-order valence-corrected chi connectivity index (χ0v) is 98.2. The average Bonchev–Trinajstić information content (AvgIpc) is 1.23. The molecule has 0 saturated carbocycles. The summed E-state index contributed by atoms with van der Waals surface area (Å²) in [6.45, 7) is 22.4. The molecule has 0 aliphatic heterocycles. The molecule has 4 aliphatic carbocycles. The molecule has 12 aromatic heterocycles. The van der Waals surface area contributed by atoms with Gasteiger partial charge >= 0.3 is 42.1 Å². The van der Waals surface area contributed by atoms with Crippen LogP contribution in [0.15, 0.2) is 392 Å². The van der Waals surface area contributed by atoms with Crippen molar-refractivity contribution < 1.29 is 94.5 Å². The molecular weight excluding hydrogens is 2630 g/mol. The second-order valence-corrected chi connectivity index (χ2v) is 44.4. The summed E-state index contributed by atoms with van der Waals surface area (Å²) in [7, 11) is -0.778. The minimum Gasteiger partial charge on any atom is -0.780 e. The Morgan fingerprint density at radius 3 is 0.960 bits per heavy atom. The van der Waals surface area contributed by atoms with E-state index in [2.05, 4.69) is 326 Å². The SMILES string of the molecule is CC1(C)CCCc2c1n[n-]c2-c1cccc(C(C)(C)c2ccccn2)n1.CC1(C)CCCc2c1n[n-]c2-c1cccc(C(c2ccccc2)(c2ccccc2)c2ccccn2)n1.CC1(C)CCCc2c1n[n-]c2-c1cccc(N(c2ccccc2)c2ccccn2)n1.CC1(C)CCCc2c1n[n-]c2-c1cccc([Si](c2ccccc2)(c2ccccc2)c2ccccn2)n1.CO.CO.[Pt+2].[Pt+2].[Pt].[Pt].[S-]c1ccccc1.[S-]c1ccccc1. The van der Waals surface area contributed by atoms with Gasteiger partial charge in [0.1, 0.15) is 17.1 Å². The van der Waals surface area contributed by atoms with Crippen molar-refractivity contribution in [2.24, 2.45) is 0 Å². The number of hydrogen-bond acceptors (Lipinski definition) is 17. The third kappa shape index (κ3) is 26.0. The molecule has 23 rings (SSSR count). The molecule has 4 aliphatic rings. The Labute approximate surface area is 952 Å². The smallest absolute Gasteiger partial charge is 0.780 e. The summed E-state index contributed by atoms with van der Waals surface area (Å²) in [5.41, 5.74) is 23.3. The van der Waals surface area contributed by atoms with Crippen LogP contribution in [0.4, 0.5) is 17.3 Å². The zero-order valence-electron chi connectivity index (χ0n) is 86.4. The molecule has 0 spiro atoms. The molecule has 0 saturated heterocycles. The number of fused-ring (bicyclic) bond motifs is 4. The number of pyridine rings is 8. The summed E-state index contributed by atoms with van der Waals surface area (Å²) in [5.74, 6) is 1.63. The predicted octanol–water partition coefficient (Wildman–Crippen LogP) is 22.4. The fourth-order valence-corrected chi connectivity index (χ4v) is 25.3. The fourth-order valence-electron chi connectivity index (χ4n) is 20.6. The molecule has 0 fully saturated rings. The van der Waals surface area contributed by atoms with Crippen molar-refractivity contribution in [1.82, 2.24) is 80.7 Å². The summed E-state index contributed by atoms with van der Waals surface area (Å²) >= 11 is 9.62. The Hall–Kier alpha value is -12.3. The third-order valence-electron chi connectivity index (χ3n) is 28.0. The number of rotatable bonds is 17. The first kappa shape index (κ1) is 116. The van der Waals surface area contributed by atoms with E-state index in [1.807, 2.05) is 170 Å². The Bertz CT molecular complexity index is 6880. The van der Waals surface area contributed by atoms with Gasteiger partial charge in [0.2, 0.25) is 8.07 Å². The van der Waals surface area contributed by atoms with Gasteiger partial charge in [-0.05, 0) is 244 Å². The number of para-hydroxylation sites is 1. The minimum absolute atomic E-state index is 0. The predicted molar refractivity (Wildman–Crippen MR) is 594 cm³/mol. The van der Waals surface area contributed by atoms with E-state index in [9.17, 15) is 0 Å². The summed E-state index contributed by atoms with van der Waals surface area (Å²) in [4.78, 5) is 43.5. The molecule has 0 radical (unpaired) electrons. The van der Waals surface area contributed by atoms with Crippen LogP contribution in [0.1, 0.15) is 200 Å². The molecule has 26 heteroatoms. The molecule has 0 atom stereocenters. The maximum absolute atomic E-state index is 7.00. The summed E-state index contributed by atoms with van der Waals surface area (Å²) < 4.78 is 0. The molecule has 7 aromatic carbocycles. The maximum Gasteiger partial charge on any atom is 2.00 e. The quantitative estimate of drug-likeness (QED) is 0.0634. The average molecular weight is 2760 g/mol. The topological polar surface area (TPSA) is 255 Å². The van der Waals surface area contributed by atoms with Gasteiger partial charge in [0.05, 0.1) is 39.9 Å². The van der Waals surface area contributed by atoms with Gasteiger partial charge in [0.25, 0.3) is 0 Å². The van der Waals surface area contributed by atoms with Crippen molar-refractivity contribution >= 4 is 71.7 Å². The molecule has 776 valence electrons. The number of nitrogens with zero attached hydrogens (tertiary/aromatic N) is 17. The van der Waals surface area contributed by atoms with Crippen LogP contribution < -0.4 is 46.3 Å². The first-order chi connectivity index (χ1) is 71.0. The van der Waals surface area contributed by atoms with Crippen LogP contribution in [0, 0.1) is 0 Å². The molecule has 12 heterocycles. The van der Waals surface area contributed by atoms with Crippen molar-refractivity contribution in [3.63, 3.8) is 0 Å². The van der Waals surface area contributed by atoms with E-state index >= 15 is 0 Å². The molecule has 150 heavy (non-hydrogen) atoms. The summed E-state index contributed by atoms with van der Waals surface area (Å²) in [5, 5.41) is 55.5. The molecule has 2 N–H and O–H groups in total. The molecule has 19 nitrogen and oxygen atoms in total. The zero-order chi connectivity index (χ0) is 102. The van der Waals surface area contributed by atoms with E-state index in [0.29, 0.717) is 0 Å². The summed E-state index contributed by atoms with van der Waals surface area (Å²) in [6, 6.07) is 121. The maximum atomic E-state index is 7.00. The number of aromatic nitrogens is 16. The van der Waals surface area contributed by atoms with Crippen molar-refractivity contribution in [3.05, 3.63) is 462 Å². The van der Waals surface area contributed by atoms with E-state index in [0.717, 1.165) is 225 Å². The van der Waals surface area contributed by atoms with Crippen molar-refractivity contribution in [2.45, 2.75) is 189 Å². The monoisotopic (exact) mass is 2760 g/mol. The summed E-state index contributed by atoms with van der Waals surface area (Å²) in [6.07, 6.45) is 20.7. The number of anilines is 3. The van der Waals surface area contributed by atoms with Crippen LogP contribution in [0.2, 0.25) is 0 Å². The number of benzene rings is 7. The van der Waals surface area contributed by atoms with E-state index in [1.54, 1.807) is 6.20 Å². The fraction of sp³-hybridized carbons (Fsp3) is 0.242. The molecule has 0 amide bonds. The molecule has 19 aromatic rings. The Kier molecular flexibility index (Phi) is 41.6. The van der Waals surface area contributed by atoms with Crippen molar-refractivity contribution in [3.8, 4) is 45.6 Å². The van der Waals surface area contributed by atoms with Gasteiger partial charge in [0.15, 0.2) is 0 Å². The third-order valence-corrected chi connectivity index (χ3v) is 33.0. The Morgan fingerprint density at radius 1 is 0.293 bits per heavy atom. The van der Waals surface area contributed by atoms with E-state index in [4.69, 9.17) is 70.5 Å². The van der Waals surface area contributed by atoms with E-state index < -0.39 is 13.5 Å². The second-order valence-electron chi connectivity index (χ2n) is 39.8. The molecular formula is C124H125N17O2Pt4S2Si-2. The van der Waals surface area contributed by atoms with Gasteiger partial charge in [-0.1, -0.05) is 327 Å². The van der Waals surface area contributed by atoms with Crippen molar-refractivity contribution in [2.75, 3.05) is 19.1 Å². The number of aliphatic hydroxyl groups is 2. The van der Waals surface area contributed by atoms with Gasteiger partial charge in [-0.15, -0.1) is 0 Å². The van der Waals surface area contributed by atoms with Crippen LogP contribution in [0.25, 0.3) is 45.6 Å². The Morgan fingerprint density at radius 2 is 0.593 bits per heavy atom. The molecule has 0 bridgehead atoms. The first-order valence-electron chi connectivity index (χ1n) is 50.1. The standard InChI is InChI=1S/C32H29N4.C31H29N4Si.C25H24N5.C22H25N4.2C6H6S.2CH4O.4Pt/c1-31(2)21-12-17-25-29(35-36-30(25)31)26-18-11-20-28(34-26)32(23-13-5-3-6-14-23,24-15-7-4-8-16-24)27-19-9-10-22-33-27;1-31(2)21-12-17-25-29(34-35-30(25)31)26-18-11-20-28(33-26)36(23-13-5-3-6-14-23,24-15-7-4-8-16-24)27-19-9-10-22-32-27;1-25(2)16-9-12-19-23(28-29-24(19)25)20-13-8-15-22(27-20)30(18-10-4-3-5-11-18)21-14-6-7-17-26-21;1-21(2)13-8-9-15-19(25-26-20(15)21)16-10-7-12-18(24-16)22(3,4)17-11-5-6-14-23-17;2*7-6-4-2-1-3-5-6;2*1-2;;;;/h2*3-11,13-16,18-20,22H,12,17,21H2,1-2H3;3-8,10-11,13-15,17H,9,12,16H2,1-2H3;5-7,10-12,14H,8-9,13H2,1-4H3;2*1-5,7H;2*2H,1H3;;;;/q4*-1;;;;;;;2*+2/p-2. The van der Waals surface area contributed by atoms with Gasteiger partial charge in [-0.3, -0.25) is 34.8 Å². The van der Waals surface area contributed by atoms with Gasteiger partial charge in [0, 0.05) is 153 Å². The number of hydrogen-bond donors (Lipinski definition) is 2. The minimum atomic E-state index is -2.78. The van der Waals surface area contributed by atoms with Crippen LogP contribution >= 0.6 is 0 Å². The van der Waals surface area contributed by atoms with Crippen molar-refractivity contribution in [1.29, 1.82) is 0 Å². The first-order valence-corrected chi connectivity index (χ1v) is 52.9. The second kappa shape index (κ2) is 53.6. The Balaban J connectivity index is 0.000000167.